The largest absolute Gasteiger partial charge is 0.310 e. The molecule has 0 unspecified atom stereocenters. The first-order chi connectivity index (χ1) is 25.3. The van der Waals surface area contributed by atoms with Crippen LogP contribution in [0.15, 0.2) is 212 Å². The number of hydrogen-bond acceptors (Lipinski definition) is 1. The van der Waals surface area contributed by atoms with E-state index < -0.39 is 0 Å². The van der Waals surface area contributed by atoms with E-state index >= 15 is 0 Å². The number of anilines is 3. The fourth-order valence-electron chi connectivity index (χ4n) is 7.37. The summed E-state index contributed by atoms with van der Waals surface area (Å²) in [5.41, 5.74) is 12.9. The maximum Gasteiger partial charge on any atom is 0.0546 e. The van der Waals surface area contributed by atoms with Crippen LogP contribution in [0.4, 0.5) is 17.1 Å². The second-order valence-corrected chi connectivity index (χ2v) is 13.0. The molecule has 0 N–H and O–H groups in total. The van der Waals surface area contributed by atoms with E-state index in [1.807, 2.05) is 0 Å². The number of rotatable bonds is 7. The van der Waals surface area contributed by atoms with Crippen LogP contribution in [-0.4, -0.2) is 0 Å². The Morgan fingerprint density at radius 3 is 1.37 bits per heavy atom. The van der Waals surface area contributed by atoms with Gasteiger partial charge in [0.25, 0.3) is 0 Å². The topological polar surface area (TPSA) is 3.24 Å². The van der Waals surface area contributed by atoms with Gasteiger partial charge in [-0.2, -0.15) is 0 Å². The van der Waals surface area contributed by atoms with Gasteiger partial charge in [-0.15, -0.1) is 0 Å². The van der Waals surface area contributed by atoms with Gasteiger partial charge in [0.05, 0.1) is 5.69 Å². The third kappa shape index (κ3) is 5.86. The van der Waals surface area contributed by atoms with Gasteiger partial charge < -0.3 is 4.90 Å². The lowest BCUT2D eigenvalue weighted by molar-refractivity contribution is 1.28. The van der Waals surface area contributed by atoms with Gasteiger partial charge in [0.1, 0.15) is 0 Å². The van der Waals surface area contributed by atoms with E-state index in [4.69, 9.17) is 0 Å². The van der Waals surface area contributed by atoms with Gasteiger partial charge in [-0.25, -0.2) is 0 Å². The van der Waals surface area contributed by atoms with Crippen LogP contribution in [0.5, 0.6) is 0 Å². The maximum atomic E-state index is 2.43. The highest BCUT2D eigenvalue weighted by atomic mass is 15.1. The SMILES string of the molecule is c1ccc(-c2ccc(N(c3cccc(-c4cccc5ccccc45)c3)c3cc(-c4cccc5ccccc45)ccc3-c3ccccc3)cc2)cc1. The summed E-state index contributed by atoms with van der Waals surface area (Å²) in [4.78, 5) is 2.43. The van der Waals surface area contributed by atoms with E-state index in [9.17, 15) is 0 Å². The fraction of sp³-hybridized carbons (Fsp3) is 0. The van der Waals surface area contributed by atoms with Gasteiger partial charge >= 0.3 is 0 Å². The Morgan fingerprint density at radius 2 is 0.725 bits per heavy atom. The highest BCUT2D eigenvalue weighted by Gasteiger charge is 2.20. The molecule has 1 heteroatoms. The molecule has 0 aromatic heterocycles. The van der Waals surface area contributed by atoms with Crippen molar-refractivity contribution in [1.82, 2.24) is 0 Å². The molecular weight excluding hydrogens is 615 g/mol. The van der Waals surface area contributed by atoms with Gasteiger partial charge in [0.15, 0.2) is 0 Å². The zero-order valence-electron chi connectivity index (χ0n) is 28.2. The first-order valence-electron chi connectivity index (χ1n) is 17.5. The third-order valence-corrected chi connectivity index (χ3v) is 9.86. The number of benzene rings is 9. The summed E-state index contributed by atoms with van der Waals surface area (Å²) in [6, 6.07) is 76.7. The van der Waals surface area contributed by atoms with Crippen LogP contribution in [0.2, 0.25) is 0 Å². The summed E-state index contributed by atoms with van der Waals surface area (Å²) in [6.07, 6.45) is 0. The second-order valence-electron chi connectivity index (χ2n) is 13.0. The van der Waals surface area contributed by atoms with Crippen molar-refractivity contribution < 1.29 is 0 Å². The second kappa shape index (κ2) is 13.3. The summed E-state index contributed by atoms with van der Waals surface area (Å²) in [6.45, 7) is 0. The minimum Gasteiger partial charge on any atom is -0.310 e. The lowest BCUT2D eigenvalue weighted by Crippen LogP contribution is -2.11. The molecule has 0 spiro atoms. The predicted molar refractivity (Wildman–Crippen MR) is 218 cm³/mol. The van der Waals surface area contributed by atoms with Crippen LogP contribution < -0.4 is 4.90 Å². The van der Waals surface area contributed by atoms with Crippen molar-refractivity contribution in [2.45, 2.75) is 0 Å². The number of fused-ring (bicyclic) bond motifs is 2. The smallest absolute Gasteiger partial charge is 0.0546 e. The average molecular weight is 650 g/mol. The van der Waals surface area contributed by atoms with Crippen molar-refractivity contribution in [3.63, 3.8) is 0 Å². The number of nitrogens with zero attached hydrogens (tertiary/aromatic N) is 1. The molecule has 0 saturated heterocycles. The van der Waals surface area contributed by atoms with E-state index in [-0.39, 0.29) is 0 Å². The minimum absolute atomic E-state index is 1.09. The minimum atomic E-state index is 1.09. The molecule has 0 aliphatic heterocycles. The predicted octanol–water partition coefficient (Wildman–Crippen LogP) is 14.1. The Kier molecular flexibility index (Phi) is 7.92. The van der Waals surface area contributed by atoms with Crippen LogP contribution in [0.25, 0.3) is 66.1 Å². The molecule has 0 fully saturated rings. The van der Waals surface area contributed by atoms with Gasteiger partial charge in [0, 0.05) is 16.9 Å². The zero-order valence-corrected chi connectivity index (χ0v) is 28.2. The van der Waals surface area contributed by atoms with Crippen LogP contribution in [0.1, 0.15) is 0 Å². The normalized spacial score (nSPS) is 11.1. The summed E-state index contributed by atoms with van der Waals surface area (Å²) in [5.74, 6) is 0. The molecule has 51 heavy (non-hydrogen) atoms. The summed E-state index contributed by atoms with van der Waals surface area (Å²) in [5, 5.41) is 4.97. The van der Waals surface area contributed by atoms with Crippen LogP contribution in [0.3, 0.4) is 0 Å². The van der Waals surface area contributed by atoms with Crippen molar-refractivity contribution >= 4 is 38.6 Å². The first-order valence-corrected chi connectivity index (χ1v) is 17.5. The van der Waals surface area contributed by atoms with Gasteiger partial charge in [0.2, 0.25) is 0 Å². The van der Waals surface area contributed by atoms with Gasteiger partial charge in [-0.05, 0) is 90.8 Å². The quantitative estimate of drug-likeness (QED) is 0.166. The highest BCUT2D eigenvalue weighted by Crippen LogP contribution is 2.45. The molecule has 0 bridgehead atoms. The van der Waals surface area contributed by atoms with Gasteiger partial charge in [-0.1, -0.05) is 182 Å². The fourth-order valence-corrected chi connectivity index (χ4v) is 7.37. The molecule has 0 radical (unpaired) electrons. The Balaban J connectivity index is 1.28. The lowest BCUT2D eigenvalue weighted by Gasteiger charge is -2.29. The molecule has 0 atom stereocenters. The molecule has 240 valence electrons. The molecule has 0 heterocycles. The van der Waals surface area contributed by atoms with E-state index in [1.54, 1.807) is 0 Å². The summed E-state index contributed by atoms with van der Waals surface area (Å²) < 4.78 is 0. The molecule has 0 aliphatic carbocycles. The maximum absolute atomic E-state index is 2.43. The van der Waals surface area contributed by atoms with E-state index in [2.05, 4.69) is 217 Å². The zero-order chi connectivity index (χ0) is 34.0. The molecule has 0 aliphatic rings. The van der Waals surface area contributed by atoms with Crippen molar-refractivity contribution in [3.8, 4) is 44.5 Å². The Bertz CT molecular complexity index is 2610. The van der Waals surface area contributed by atoms with Crippen molar-refractivity contribution in [2.24, 2.45) is 0 Å². The lowest BCUT2D eigenvalue weighted by atomic mass is 9.93. The van der Waals surface area contributed by atoms with Crippen molar-refractivity contribution in [3.05, 3.63) is 212 Å². The summed E-state index contributed by atoms with van der Waals surface area (Å²) >= 11 is 0. The van der Waals surface area contributed by atoms with E-state index in [0.29, 0.717) is 0 Å². The van der Waals surface area contributed by atoms with E-state index in [0.717, 1.165) is 17.1 Å². The molecule has 9 aromatic carbocycles. The first kappa shape index (κ1) is 30.4. The van der Waals surface area contributed by atoms with Crippen LogP contribution in [0, 0.1) is 0 Å². The standard InChI is InChI=1S/C50H35N/c1-3-14-36(15-4-1)37-28-31-43(32-29-37)51(44-23-11-22-41(34-44)47-26-12-20-38-18-7-9-24-45(38)47)50-35-42(30-33-49(50)40-16-5-2-6-17-40)48-27-13-21-39-19-8-10-25-46(39)48/h1-35H. The van der Waals surface area contributed by atoms with Gasteiger partial charge in [-0.3, -0.25) is 0 Å². The Labute approximate surface area is 299 Å². The monoisotopic (exact) mass is 649 g/mol. The van der Waals surface area contributed by atoms with E-state index in [1.165, 1.54) is 66.1 Å². The third-order valence-electron chi connectivity index (χ3n) is 9.86. The Hall–Kier alpha value is -6.70. The Morgan fingerprint density at radius 1 is 0.255 bits per heavy atom. The highest BCUT2D eigenvalue weighted by molar-refractivity contribution is 6.00. The molecule has 1 nitrogen and oxygen atoms in total. The van der Waals surface area contributed by atoms with Crippen LogP contribution in [-0.2, 0) is 0 Å². The molecular formula is C50H35N. The van der Waals surface area contributed by atoms with Crippen LogP contribution >= 0.6 is 0 Å². The summed E-state index contributed by atoms with van der Waals surface area (Å²) in [7, 11) is 0. The molecule has 0 saturated carbocycles. The van der Waals surface area contributed by atoms with Crippen molar-refractivity contribution in [1.29, 1.82) is 0 Å². The molecule has 0 amide bonds. The molecule has 9 aromatic rings. The molecule has 9 rings (SSSR count). The van der Waals surface area contributed by atoms with Crippen molar-refractivity contribution in [2.75, 3.05) is 4.90 Å². The average Bonchev–Trinajstić information content (AvgIpc) is 3.21. The number of hydrogen-bond donors (Lipinski definition) is 0.